The van der Waals surface area contributed by atoms with Crippen LogP contribution in [-0.2, 0) is 7.05 Å². The van der Waals surface area contributed by atoms with Gasteiger partial charge in [-0.2, -0.15) is 5.10 Å². The van der Waals surface area contributed by atoms with Gasteiger partial charge in [0.25, 0.3) is 0 Å². The minimum Gasteiger partial charge on any atom is -0.316 e. The van der Waals surface area contributed by atoms with E-state index in [2.05, 4.69) is 44.3 Å². The molecular weight excluding hydrogens is 242 g/mol. The number of aromatic nitrogens is 2. The molecule has 1 aromatic rings. The molecular formula is C14H25N3S. The molecule has 2 rings (SSSR count). The molecule has 4 heteroatoms. The molecule has 4 atom stereocenters. The van der Waals surface area contributed by atoms with E-state index < -0.39 is 0 Å². The summed E-state index contributed by atoms with van der Waals surface area (Å²) in [7, 11) is 4.14. The van der Waals surface area contributed by atoms with Crippen molar-refractivity contribution in [2.75, 3.05) is 7.05 Å². The first kappa shape index (κ1) is 13.9. The quantitative estimate of drug-likeness (QED) is 0.913. The molecule has 1 saturated carbocycles. The Labute approximate surface area is 115 Å². The Morgan fingerprint density at radius 1 is 1.39 bits per heavy atom. The molecule has 0 spiro atoms. The van der Waals surface area contributed by atoms with Gasteiger partial charge in [-0.15, -0.1) is 11.8 Å². The van der Waals surface area contributed by atoms with Crippen LogP contribution in [0.15, 0.2) is 11.1 Å². The van der Waals surface area contributed by atoms with E-state index in [-0.39, 0.29) is 0 Å². The summed E-state index contributed by atoms with van der Waals surface area (Å²) in [6.07, 6.45) is 2.63. The Balaban J connectivity index is 2.13. The van der Waals surface area contributed by atoms with Crippen molar-refractivity contribution in [2.24, 2.45) is 18.9 Å². The first-order valence-electron chi connectivity index (χ1n) is 6.85. The minimum absolute atomic E-state index is 0.615. The zero-order valence-corrected chi connectivity index (χ0v) is 12.9. The lowest BCUT2D eigenvalue weighted by atomic mass is 9.80. The van der Waals surface area contributed by atoms with Gasteiger partial charge in [0.2, 0.25) is 0 Å². The van der Waals surface area contributed by atoms with E-state index in [0.29, 0.717) is 11.3 Å². The highest BCUT2D eigenvalue weighted by Gasteiger charge is 2.34. The summed E-state index contributed by atoms with van der Waals surface area (Å²) in [6, 6.07) is 2.81. The average molecular weight is 267 g/mol. The number of nitrogens with zero attached hydrogens (tertiary/aromatic N) is 2. The van der Waals surface area contributed by atoms with Crippen LogP contribution in [0.1, 0.15) is 32.4 Å². The van der Waals surface area contributed by atoms with Gasteiger partial charge in [-0.25, -0.2) is 0 Å². The topological polar surface area (TPSA) is 29.9 Å². The van der Waals surface area contributed by atoms with Crippen LogP contribution in [0, 0.1) is 18.8 Å². The number of hydrogen-bond donors (Lipinski definition) is 1. The molecule has 1 fully saturated rings. The Morgan fingerprint density at radius 2 is 2.11 bits per heavy atom. The highest BCUT2D eigenvalue weighted by atomic mass is 32.2. The minimum atomic E-state index is 0.615. The third-order valence-corrected chi connectivity index (χ3v) is 5.66. The second-order valence-corrected chi connectivity index (χ2v) is 6.98. The van der Waals surface area contributed by atoms with Crippen molar-refractivity contribution in [3.63, 3.8) is 0 Å². The molecule has 3 nitrogen and oxygen atoms in total. The summed E-state index contributed by atoms with van der Waals surface area (Å²) in [5.74, 6) is 1.59. The van der Waals surface area contributed by atoms with Crippen molar-refractivity contribution in [3.8, 4) is 0 Å². The number of hydrogen-bond acceptors (Lipinski definition) is 3. The number of nitrogens with one attached hydrogen (secondary N) is 1. The maximum atomic E-state index is 4.44. The van der Waals surface area contributed by atoms with E-state index in [4.69, 9.17) is 0 Å². The maximum Gasteiger partial charge on any atom is 0.0942 e. The highest BCUT2D eigenvalue weighted by Crippen LogP contribution is 2.39. The lowest BCUT2D eigenvalue weighted by Gasteiger charge is -2.39. The molecule has 0 aromatic carbocycles. The SMILES string of the molecule is CNC1CC(C)CC(C)C1Sc1cc(C)nn1C. The normalized spacial score (nSPS) is 32.7. The van der Waals surface area contributed by atoms with Crippen molar-refractivity contribution in [3.05, 3.63) is 11.8 Å². The molecule has 1 N–H and O–H groups in total. The van der Waals surface area contributed by atoms with Crippen LogP contribution >= 0.6 is 11.8 Å². The second-order valence-electron chi connectivity index (χ2n) is 5.78. The summed E-state index contributed by atoms with van der Waals surface area (Å²) < 4.78 is 2.01. The van der Waals surface area contributed by atoms with Crippen LogP contribution in [-0.4, -0.2) is 28.1 Å². The van der Waals surface area contributed by atoms with Crippen LogP contribution in [0.3, 0.4) is 0 Å². The van der Waals surface area contributed by atoms with Gasteiger partial charge in [-0.1, -0.05) is 13.8 Å². The maximum absolute atomic E-state index is 4.44. The van der Waals surface area contributed by atoms with Crippen molar-refractivity contribution in [1.82, 2.24) is 15.1 Å². The Hall–Kier alpha value is -0.480. The summed E-state index contributed by atoms with van der Waals surface area (Å²) in [6.45, 7) is 6.82. The molecule has 1 aliphatic carbocycles. The Morgan fingerprint density at radius 3 is 2.67 bits per heavy atom. The summed E-state index contributed by atoms with van der Waals surface area (Å²) in [5.41, 5.74) is 1.11. The first-order valence-corrected chi connectivity index (χ1v) is 7.73. The van der Waals surface area contributed by atoms with Gasteiger partial charge in [0, 0.05) is 18.3 Å². The molecule has 0 amide bonds. The van der Waals surface area contributed by atoms with E-state index in [1.807, 2.05) is 23.5 Å². The third kappa shape index (κ3) is 2.91. The van der Waals surface area contributed by atoms with E-state index in [9.17, 15) is 0 Å². The lowest BCUT2D eigenvalue weighted by Crippen LogP contribution is -2.44. The average Bonchev–Trinajstić information content (AvgIpc) is 2.60. The Bertz CT molecular complexity index is 402. The second kappa shape index (κ2) is 5.66. The fourth-order valence-corrected chi connectivity index (χ4v) is 4.61. The molecule has 102 valence electrons. The van der Waals surface area contributed by atoms with Crippen molar-refractivity contribution in [2.45, 2.75) is 49.9 Å². The molecule has 0 saturated heterocycles. The van der Waals surface area contributed by atoms with Crippen LogP contribution in [0.25, 0.3) is 0 Å². The standard InChI is InChI=1S/C14H25N3S/c1-9-6-10(2)14(12(7-9)15-4)18-13-8-11(3)16-17(13)5/h8-10,12,14-15H,6-7H2,1-5H3. The molecule has 1 aliphatic rings. The van der Waals surface area contributed by atoms with Crippen molar-refractivity contribution < 1.29 is 0 Å². The molecule has 0 bridgehead atoms. The highest BCUT2D eigenvalue weighted by molar-refractivity contribution is 8.00. The monoisotopic (exact) mass is 267 g/mol. The fourth-order valence-electron chi connectivity index (χ4n) is 3.15. The Kier molecular flexibility index (Phi) is 4.38. The smallest absolute Gasteiger partial charge is 0.0942 e. The van der Waals surface area contributed by atoms with E-state index in [1.54, 1.807) is 0 Å². The van der Waals surface area contributed by atoms with Crippen molar-refractivity contribution >= 4 is 11.8 Å². The van der Waals surface area contributed by atoms with Gasteiger partial charge in [-0.05, 0) is 44.7 Å². The van der Waals surface area contributed by atoms with Crippen LogP contribution in [0.4, 0.5) is 0 Å². The van der Waals surface area contributed by atoms with Crippen molar-refractivity contribution in [1.29, 1.82) is 0 Å². The number of aryl methyl sites for hydroxylation is 2. The fraction of sp³-hybridized carbons (Fsp3) is 0.786. The molecule has 0 aliphatic heterocycles. The van der Waals surface area contributed by atoms with E-state index >= 15 is 0 Å². The molecule has 0 radical (unpaired) electrons. The summed E-state index contributed by atoms with van der Waals surface area (Å²) in [4.78, 5) is 0. The van der Waals surface area contributed by atoms with Gasteiger partial charge < -0.3 is 5.32 Å². The van der Waals surface area contributed by atoms with E-state index in [1.165, 1.54) is 17.9 Å². The predicted octanol–water partition coefficient (Wildman–Crippen LogP) is 2.84. The van der Waals surface area contributed by atoms with E-state index in [0.717, 1.165) is 17.5 Å². The molecule has 1 heterocycles. The number of rotatable bonds is 3. The van der Waals surface area contributed by atoms with Crippen LogP contribution < -0.4 is 5.32 Å². The molecule has 4 unspecified atom stereocenters. The zero-order valence-electron chi connectivity index (χ0n) is 12.1. The summed E-state index contributed by atoms with van der Waals surface area (Å²) >= 11 is 1.99. The largest absolute Gasteiger partial charge is 0.316 e. The van der Waals surface area contributed by atoms with Gasteiger partial charge in [0.1, 0.15) is 0 Å². The summed E-state index contributed by atoms with van der Waals surface area (Å²) in [5, 5.41) is 9.90. The molecule has 1 aromatic heterocycles. The zero-order chi connectivity index (χ0) is 13.3. The van der Waals surface area contributed by atoms with Crippen LogP contribution in [0.2, 0.25) is 0 Å². The third-order valence-electron chi connectivity index (χ3n) is 3.97. The number of thioether (sulfide) groups is 1. The van der Waals surface area contributed by atoms with Gasteiger partial charge in [0.15, 0.2) is 0 Å². The first-order chi connectivity index (χ1) is 8.51. The van der Waals surface area contributed by atoms with Gasteiger partial charge in [-0.3, -0.25) is 4.68 Å². The van der Waals surface area contributed by atoms with Gasteiger partial charge in [0.05, 0.1) is 10.7 Å². The lowest BCUT2D eigenvalue weighted by molar-refractivity contribution is 0.256. The molecule has 18 heavy (non-hydrogen) atoms. The predicted molar refractivity (Wildman–Crippen MR) is 78.0 cm³/mol. The van der Waals surface area contributed by atoms with Gasteiger partial charge >= 0.3 is 0 Å². The van der Waals surface area contributed by atoms with Crippen LogP contribution in [0.5, 0.6) is 0 Å².